The Labute approximate surface area is 92.4 Å². The third-order valence-electron chi connectivity index (χ3n) is 2.21. The summed E-state index contributed by atoms with van der Waals surface area (Å²) in [5.74, 6) is 0. The van der Waals surface area contributed by atoms with Crippen molar-refractivity contribution >= 4 is 0 Å². The minimum atomic E-state index is -0.341. The predicted molar refractivity (Wildman–Crippen MR) is 59.3 cm³/mol. The first kappa shape index (κ1) is 10.1. The fraction of sp³-hybridized carbons (Fsp3) is 0.0833. The van der Waals surface area contributed by atoms with Gasteiger partial charge in [-0.25, -0.2) is 4.68 Å². The number of nitriles is 1. The molecule has 0 saturated carbocycles. The third kappa shape index (κ3) is 1.71. The van der Waals surface area contributed by atoms with E-state index in [1.165, 1.54) is 6.07 Å². The molecule has 1 heterocycles. The second kappa shape index (κ2) is 3.99. The Morgan fingerprint density at radius 3 is 2.62 bits per heavy atom. The Bertz CT molecular complexity index is 608. The first-order chi connectivity index (χ1) is 7.72. The maximum Gasteiger partial charge on any atom is 0.218 e. The van der Waals surface area contributed by atoms with Crippen molar-refractivity contribution in [2.24, 2.45) is 0 Å². The van der Waals surface area contributed by atoms with Crippen LogP contribution in [0.1, 0.15) is 11.4 Å². The van der Waals surface area contributed by atoms with Gasteiger partial charge in [0.25, 0.3) is 0 Å². The summed E-state index contributed by atoms with van der Waals surface area (Å²) in [5.41, 5.74) is 1.10. The molecule has 0 aliphatic heterocycles. The Kier molecular flexibility index (Phi) is 2.52. The number of aromatic nitrogens is 2. The van der Waals surface area contributed by atoms with E-state index in [0.717, 1.165) is 5.69 Å². The van der Waals surface area contributed by atoms with Gasteiger partial charge in [-0.2, -0.15) is 10.4 Å². The SMILES string of the molecule is Cc1cc(=O)c(C#N)nn1-c1ccccc1. The van der Waals surface area contributed by atoms with E-state index in [2.05, 4.69) is 5.10 Å². The van der Waals surface area contributed by atoms with Crippen molar-refractivity contribution < 1.29 is 0 Å². The number of aryl methyl sites for hydroxylation is 1. The molecule has 0 N–H and O–H groups in total. The lowest BCUT2D eigenvalue weighted by molar-refractivity contribution is 0.790. The molecule has 78 valence electrons. The van der Waals surface area contributed by atoms with Crippen LogP contribution in [-0.2, 0) is 0 Å². The van der Waals surface area contributed by atoms with Crippen LogP contribution in [0.25, 0.3) is 5.69 Å². The van der Waals surface area contributed by atoms with E-state index in [1.807, 2.05) is 30.3 Å². The highest BCUT2D eigenvalue weighted by Crippen LogP contribution is 2.07. The molecule has 0 unspecified atom stereocenters. The number of hydrogen-bond acceptors (Lipinski definition) is 3. The van der Waals surface area contributed by atoms with Crippen LogP contribution in [0.3, 0.4) is 0 Å². The third-order valence-corrected chi connectivity index (χ3v) is 2.21. The molecular weight excluding hydrogens is 202 g/mol. The molecule has 0 bridgehead atoms. The van der Waals surface area contributed by atoms with Crippen LogP contribution < -0.4 is 5.43 Å². The number of nitrogens with zero attached hydrogens (tertiary/aromatic N) is 3. The summed E-state index contributed by atoms with van der Waals surface area (Å²) >= 11 is 0. The van der Waals surface area contributed by atoms with Gasteiger partial charge in [-0.15, -0.1) is 0 Å². The molecule has 16 heavy (non-hydrogen) atoms. The minimum absolute atomic E-state index is 0.0885. The summed E-state index contributed by atoms with van der Waals surface area (Å²) in [6.45, 7) is 1.78. The molecule has 2 aromatic rings. The minimum Gasteiger partial charge on any atom is -0.287 e. The largest absolute Gasteiger partial charge is 0.287 e. The van der Waals surface area contributed by atoms with Gasteiger partial charge in [-0.1, -0.05) is 18.2 Å². The van der Waals surface area contributed by atoms with Crippen molar-refractivity contribution in [2.45, 2.75) is 6.92 Å². The fourth-order valence-electron chi connectivity index (χ4n) is 1.46. The summed E-state index contributed by atoms with van der Waals surface area (Å²) < 4.78 is 1.58. The quantitative estimate of drug-likeness (QED) is 0.716. The maximum absolute atomic E-state index is 11.4. The standard InChI is InChI=1S/C12H9N3O/c1-9-7-12(16)11(8-13)14-15(9)10-5-3-2-4-6-10/h2-7H,1H3. The van der Waals surface area contributed by atoms with Crippen LogP contribution in [0.15, 0.2) is 41.2 Å². The summed E-state index contributed by atoms with van der Waals surface area (Å²) in [7, 11) is 0. The molecule has 0 saturated heterocycles. The van der Waals surface area contributed by atoms with E-state index < -0.39 is 0 Å². The molecular formula is C12H9N3O. The van der Waals surface area contributed by atoms with E-state index in [-0.39, 0.29) is 11.1 Å². The van der Waals surface area contributed by atoms with Crippen molar-refractivity contribution in [3.05, 3.63) is 58.0 Å². The van der Waals surface area contributed by atoms with Crippen LogP contribution >= 0.6 is 0 Å². The zero-order valence-electron chi connectivity index (χ0n) is 8.71. The average Bonchev–Trinajstić information content (AvgIpc) is 2.30. The highest BCUT2D eigenvalue weighted by Gasteiger charge is 2.05. The summed E-state index contributed by atoms with van der Waals surface area (Å²) in [5, 5.41) is 12.8. The molecule has 4 heteroatoms. The van der Waals surface area contributed by atoms with E-state index in [4.69, 9.17) is 5.26 Å². The van der Waals surface area contributed by atoms with Crippen LogP contribution in [0.5, 0.6) is 0 Å². The molecule has 0 amide bonds. The molecule has 4 nitrogen and oxygen atoms in total. The maximum atomic E-state index is 11.4. The van der Waals surface area contributed by atoms with Crippen molar-refractivity contribution in [3.8, 4) is 11.8 Å². The molecule has 0 radical (unpaired) electrons. The van der Waals surface area contributed by atoms with E-state index in [1.54, 1.807) is 17.7 Å². The number of para-hydroxylation sites is 1. The lowest BCUT2D eigenvalue weighted by Gasteiger charge is -2.08. The van der Waals surface area contributed by atoms with Gasteiger partial charge in [0.05, 0.1) is 5.69 Å². The van der Waals surface area contributed by atoms with E-state index in [9.17, 15) is 4.79 Å². The molecule has 0 atom stereocenters. The molecule has 2 rings (SSSR count). The first-order valence-electron chi connectivity index (χ1n) is 4.79. The van der Waals surface area contributed by atoms with E-state index >= 15 is 0 Å². The van der Waals surface area contributed by atoms with Gasteiger partial charge in [0, 0.05) is 11.8 Å². The number of hydrogen-bond donors (Lipinski definition) is 0. The predicted octanol–water partition coefficient (Wildman–Crippen LogP) is 1.41. The van der Waals surface area contributed by atoms with Crippen molar-refractivity contribution in [3.63, 3.8) is 0 Å². The Morgan fingerprint density at radius 1 is 1.31 bits per heavy atom. The molecule has 0 aliphatic rings. The first-order valence-corrected chi connectivity index (χ1v) is 4.79. The zero-order valence-corrected chi connectivity index (χ0v) is 8.71. The molecule has 0 spiro atoms. The fourth-order valence-corrected chi connectivity index (χ4v) is 1.46. The Balaban J connectivity index is 2.68. The summed E-state index contributed by atoms with van der Waals surface area (Å²) in [6, 6.07) is 12.6. The monoisotopic (exact) mass is 211 g/mol. The van der Waals surface area contributed by atoms with Gasteiger partial charge in [0.15, 0.2) is 0 Å². The summed E-state index contributed by atoms with van der Waals surface area (Å²) in [4.78, 5) is 11.4. The highest BCUT2D eigenvalue weighted by molar-refractivity contribution is 5.33. The average molecular weight is 211 g/mol. The number of benzene rings is 1. The van der Waals surface area contributed by atoms with Gasteiger partial charge < -0.3 is 0 Å². The second-order valence-corrected chi connectivity index (χ2v) is 3.36. The normalized spacial score (nSPS) is 9.75. The van der Waals surface area contributed by atoms with Gasteiger partial charge in [-0.05, 0) is 19.1 Å². The van der Waals surface area contributed by atoms with Crippen molar-refractivity contribution in [2.75, 3.05) is 0 Å². The van der Waals surface area contributed by atoms with Gasteiger partial charge in [0.2, 0.25) is 11.1 Å². The van der Waals surface area contributed by atoms with Crippen LogP contribution in [0.4, 0.5) is 0 Å². The topological polar surface area (TPSA) is 58.7 Å². The van der Waals surface area contributed by atoms with Gasteiger partial charge in [0.1, 0.15) is 6.07 Å². The molecule has 0 aliphatic carbocycles. The lowest BCUT2D eigenvalue weighted by atomic mass is 10.3. The summed E-state index contributed by atoms with van der Waals surface area (Å²) in [6.07, 6.45) is 0. The van der Waals surface area contributed by atoms with Crippen LogP contribution in [0, 0.1) is 18.3 Å². The van der Waals surface area contributed by atoms with Crippen molar-refractivity contribution in [1.29, 1.82) is 5.26 Å². The molecule has 1 aromatic heterocycles. The second-order valence-electron chi connectivity index (χ2n) is 3.36. The zero-order chi connectivity index (χ0) is 11.5. The molecule has 0 fully saturated rings. The van der Waals surface area contributed by atoms with Crippen LogP contribution in [-0.4, -0.2) is 9.78 Å². The smallest absolute Gasteiger partial charge is 0.218 e. The Hall–Kier alpha value is -2.41. The van der Waals surface area contributed by atoms with Gasteiger partial charge in [-0.3, -0.25) is 4.79 Å². The van der Waals surface area contributed by atoms with Gasteiger partial charge >= 0.3 is 0 Å². The number of rotatable bonds is 1. The lowest BCUT2D eigenvalue weighted by Crippen LogP contribution is -2.16. The van der Waals surface area contributed by atoms with Crippen LogP contribution in [0.2, 0.25) is 0 Å². The molecule has 1 aromatic carbocycles. The Morgan fingerprint density at radius 2 is 2.00 bits per heavy atom. The highest BCUT2D eigenvalue weighted by atomic mass is 16.1. The van der Waals surface area contributed by atoms with Crippen molar-refractivity contribution in [1.82, 2.24) is 9.78 Å². The van der Waals surface area contributed by atoms with E-state index in [0.29, 0.717) is 5.69 Å².